The van der Waals surface area contributed by atoms with E-state index in [1.165, 1.54) is 0 Å². The summed E-state index contributed by atoms with van der Waals surface area (Å²) in [5, 5.41) is 0. The molecule has 0 aliphatic carbocycles. The molecule has 6 nitrogen and oxygen atoms in total. The fraction of sp³-hybridized carbons (Fsp3) is 0.500. The summed E-state index contributed by atoms with van der Waals surface area (Å²) in [6.07, 6.45) is 1.24. The largest absolute Gasteiger partial charge is 0.496 e. The molecule has 0 unspecified atom stereocenters. The van der Waals surface area contributed by atoms with Gasteiger partial charge in [0, 0.05) is 45.3 Å². The van der Waals surface area contributed by atoms with Crippen molar-refractivity contribution in [3.8, 4) is 5.75 Å². The first-order chi connectivity index (χ1) is 16.3. The van der Waals surface area contributed by atoms with Crippen LogP contribution >= 0.6 is 0 Å². The minimum absolute atomic E-state index is 0.0358. The van der Waals surface area contributed by atoms with Gasteiger partial charge in [0.2, 0.25) is 11.8 Å². The summed E-state index contributed by atoms with van der Waals surface area (Å²) in [5.41, 5.74) is 3.92. The number of ether oxygens (including phenoxy) is 1. The maximum atomic E-state index is 13.5. The fourth-order valence-corrected chi connectivity index (χ4v) is 4.72. The van der Waals surface area contributed by atoms with Crippen molar-refractivity contribution in [2.24, 2.45) is 5.92 Å². The lowest BCUT2D eigenvalue weighted by molar-refractivity contribution is -0.131. The van der Waals surface area contributed by atoms with Crippen molar-refractivity contribution in [3.05, 3.63) is 59.2 Å². The molecular weight excluding hydrogens is 426 g/mol. The number of rotatable bonds is 5. The molecular formula is C28H39N3O3. The molecule has 0 spiro atoms. The molecule has 0 N–H and O–H groups in total. The van der Waals surface area contributed by atoms with E-state index in [9.17, 15) is 9.59 Å². The van der Waals surface area contributed by atoms with Crippen LogP contribution in [0, 0.1) is 12.8 Å². The number of hydrogen-bond donors (Lipinski definition) is 0. The second-order valence-corrected chi connectivity index (χ2v) is 9.64. The van der Waals surface area contributed by atoms with E-state index in [0.29, 0.717) is 32.0 Å². The highest BCUT2D eigenvalue weighted by Gasteiger charge is 2.22. The number of para-hydroxylation sites is 1. The van der Waals surface area contributed by atoms with Crippen molar-refractivity contribution in [1.29, 1.82) is 0 Å². The number of methoxy groups -OCH3 is 1. The van der Waals surface area contributed by atoms with E-state index in [-0.39, 0.29) is 11.8 Å². The van der Waals surface area contributed by atoms with Crippen LogP contribution in [-0.2, 0) is 22.6 Å². The van der Waals surface area contributed by atoms with Gasteiger partial charge in [-0.2, -0.15) is 0 Å². The van der Waals surface area contributed by atoms with Crippen LogP contribution in [0.5, 0.6) is 5.75 Å². The lowest BCUT2D eigenvalue weighted by atomic mass is 10.1. The zero-order chi connectivity index (χ0) is 24.7. The SMILES string of the molecule is COc1ccc(CC(=O)N2CCN(CC(C)C)CCCN(C(C)=O)c3ccccc3C2)cc1C. The summed E-state index contributed by atoms with van der Waals surface area (Å²) in [4.78, 5) is 32.3. The Morgan fingerprint density at radius 1 is 1.03 bits per heavy atom. The number of anilines is 1. The molecule has 1 aliphatic heterocycles. The van der Waals surface area contributed by atoms with Gasteiger partial charge in [0.25, 0.3) is 0 Å². The number of carbonyl (C=O) groups is 2. The van der Waals surface area contributed by atoms with Crippen LogP contribution in [0.25, 0.3) is 0 Å². The monoisotopic (exact) mass is 465 g/mol. The Labute approximate surface area is 204 Å². The van der Waals surface area contributed by atoms with E-state index < -0.39 is 0 Å². The van der Waals surface area contributed by atoms with Crippen molar-refractivity contribution in [2.75, 3.05) is 44.7 Å². The first-order valence-electron chi connectivity index (χ1n) is 12.3. The number of carbonyl (C=O) groups excluding carboxylic acids is 2. The van der Waals surface area contributed by atoms with Crippen LogP contribution in [-0.4, -0.2) is 61.4 Å². The molecule has 184 valence electrons. The number of hydrogen-bond acceptors (Lipinski definition) is 4. The van der Waals surface area contributed by atoms with Gasteiger partial charge < -0.3 is 19.4 Å². The maximum Gasteiger partial charge on any atom is 0.227 e. The number of nitrogens with zero attached hydrogens (tertiary/aromatic N) is 3. The first kappa shape index (κ1) is 25.8. The van der Waals surface area contributed by atoms with Gasteiger partial charge >= 0.3 is 0 Å². The van der Waals surface area contributed by atoms with Gasteiger partial charge in [0.15, 0.2) is 0 Å². The quantitative estimate of drug-likeness (QED) is 0.661. The molecule has 0 aromatic heterocycles. The Morgan fingerprint density at radius 3 is 2.47 bits per heavy atom. The molecule has 2 aromatic carbocycles. The van der Waals surface area contributed by atoms with Crippen LogP contribution in [0.2, 0.25) is 0 Å². The van der Waals surface area contributed by atoms with Crippen LogP contribution in [0.15, 0.2) is 42.5 Å². The van der Waals surface area contributed by atoms with Crippen molar-refractivity contribution < 1.29 is 14.3 Å². The number of fused-ring (bicyclic) bond motifs is 1. The van der Waals surface area contributed by atoms with Crippen molar-refractivity contribution >= 4 is 17.5 Å². The third-order valence-corrected chi connectivity index (χ3v) is 6.36. The molecule has 1 heterocycles. The zero-order valence-corrected chi connectivity index (χ0v) is 21.3. The Hall–Kier alpha value is -2.86. The zero-order valence-electron chi connectivity index (χ0n) is 21.3. The Kier molecular flexibility index (Phi) is 9.11. The molecule has 2 aromatic rings. The van der Waals surface area contributed by atoms with Gasteiger partial charge in [-0.25, -0.2) is 0 Å². The second-order valence-electron chi connectivity index (χ2n) is 9.64. The molecule has 2 amide bonds. The second kappa shape index (κ2) is 12.0. The van der Waals surface area contributed by atoms with E-state index in [2.05, 4.69) is 18.7 Å². The fourth-order valence-electron chi connectivity index (χ4n) is 4.72. The molecule has 6 heteroatoms. The highest BCUT2D eigenvalue weighted by atomic mass is 16.5. The van der Waals surface area contributed by atoms with Gasteiger partial charge in [-0.1, -0.05) is 44.2 Å². The third-order valence-electron chi connectivity index (χ3n) is 6.36. The summed E-state index contributed by atoms with van der Waals surface area (Å²) in [6, 6.07) is 13.9. The smallest absolute Gasteiger partial charge is 0.227 e. The molecule has 0 saturated heterocycles. The maximum absolute atomic E-state index is 13.5. The predicted octanol–water partition coefficient (Wildman–Crippen LogP) is 4.29. The van der Waals surface area contributed by atoms with Gasteiger partial charge in [-0.15, -0.1) is 0 Å². The minimum Gasteiger partial charge on any atom is -0.496 e. The highest BCUT2D eigenvalue weighted by molar-refractivity contribution is 5.92. The minimum atomic E-state index is 0.0358. The lowest BCUT2D eigenvalue weighted by Crippen LogP contribution is -2.40. The summed E-state index contributed by atoms with van der Waals surface area (Å²) in [7, 11) is 1.66. The predicted molar refractivity (Wildman–Crippen MR) is 137 cm³/mol. The molecule has 0 bridgehead atoms. The summed E-state index contributed by atoms with van der Waals surface area (Å²) >= 11 is 0. The van der Waals surface area contributed by atoms with Crippen LogP contribution < -0.4 is 9.64 Å². The van der Waals surface area contributed by atoms with Gasteiger partial charge in [-0.05, 0) is 54.6 Å². The van der Waals surface area contributed by atoms with Gasteiger partial charge in [0.1, 0.15) is 5.75 Å². The van der Waals surface area contributed by atoms with E-state index in [4.69, 9.17) is 4.74 Å². The average molecular weight is 466 g/mol. The molecule has 3 rings (SSSR count). The van der Waals surface area contributed by atoms with Crippen molar-refractivity contribution in [3.63, 3.8) is 0 Å². The molecule has 34 heavy (non-hydrogen) atoms. The molecule has 0 atom stereocenters. The van der Waals surface area contributed by atoms with E-state index in [1.807, 2.05) is 59.2 Å². The lowest BCUT2D eigenvalue weighted by Gasteiger charge is -2.29. The molecule has 0 radical (unpaired) electrons. The van der Waals surface area contributed by atoms with E-state index in [0.717, 1.165) is 54.2 Å². The number of amides is 2. The van der Waals surface area contributed by atoms with Crippen LogP contribution in [0.4, 0.5) is 5.69 Å². The average Bonchev–Trinajstić information content (AvgIpc) is 2.82. The van der Waals surface area contributed by atoms with Crippen LogP contribution in [0.3, 0.4) is 0 Å². The summed E-state index contributed by atoms with van der Waals surface area (Å²) in [6.45, 7) is 12.6. The molecule has 0 saturated carbocycles. The topological polar surface area (TPSA) is 53.1 Å². The van der Waals surface area contributed by atoms with E-state index >= 15 is 0 Å². The Bertz CT molecular complexity index is 989. The Balaban J connectivity index is 1.89. The molecule has 0 fully saturated rings. The summed E-state index contributed by atoms with van der Waals surface area (Å²) in [5.74, 6) is 1.50. The standard InChI is InChI=1S/C28H39N3O3/c1-21(2)19-29-13-8-14-31(23(4)32)26-10-7-6-9-25(26)20-30(16-15-29)28(33)18-24-11-12-27(34-5)22(3)17-24/h6-7,9-12,17,21H,8,13-16,18-20H2,1-5H3. The van der Waals surface area contributed by atoms with Gasteiger partial charge in [-0.3, -0.25) is 9.59 Å². The number of aryl methyl sites for hydroxylation is 1. The molecule has 1 aliphatic rings. The third kappa shape index (κ3) is 6.83. The normalized spacial score (nSPS) is 15.6. The van der Waals surface area contributed by atoms with Gasteiger partial charge in [0.05, 0.1) is 13.5 Å². The van der Waals surface area contributed by atoms with Crippen molar-refractivity contribution in [2.45, 2.75) is 47.1 Å². The van der Waals surface area contributed by atoms with Crippen LogP contribution in [0.1, 0.15) is 43.9 Å². The number of benzene rings is 2. The van der Waals surface area contributed by atoms with Crippen molar-refractivity contribution in [1.82, 2.24) is 9.80 Å². The summed E-state index contributed by atoms with van der Waals surface area (Å²) < 4.78 is 5.37. The Morgan fingerprint density at radius 2 is 1.79 bits per heavy atom. The highest BCUT2D eigenvalue weighted by Crippen LogP contribution is 2.25. The van der Waals surface area contributed by atoms with E-state index in [1.54, 1.807) is 14.0 Å². The first-order valence-corrected chi connectivity index (χ1v) is 12.3.